The van der Waals surface area contributed by atoms with Gasteiger partial charge in [-0.05, 0) is 42.7 Å². The van der Waals surface area contributed by atoms with Crippen LogP contribution in [0.4, 0.5) is 5.13 Å². The molecule has 11 heteroatoms. The van der Waals surface area contributed by atoms with Gasteiger partial charge in [0, 0.05) is 11.4 Å². The number of carbonyl (C=O) groups is 1. The highest BCUT2D eigenvalue weighted by Gasteiger charge is 2.39. The zero-order valence-corrected chi connectivity index (χ0v) is 23.7. The molecule has 0 saturated carbocycles. The van der Waals surface area contributed by atoms with Gasteiger partial charge in [0.1, 0.15) is 11.6 Å². The van der Waals surface area contributed by atoms with Crippen molar-refractivity contribution in [3.05, 3.63) is 63.8 Å². The number of sulfone groups is 1. The van der Waals surface area contributed by atoms with E-state index in [0.717, 1.165) is 21.8 Å². The molecule has 1 N–H and O–H groups in total. The van der Waals surface area contributed by atoms with Crippen LogP contribution < -0.4 is 10.1 Å². The van der Waals surface area contributed by atoms with E-state index in [-0.39, 0.29) is 41.0 Å². The summed E-state index contributed by atoms with van der Waals surface area (Å²) in [5, 5.41) is 12.7. The SMILES string of the molecule is CCS(=O)(=O)c1ccc(CC(=O)Nc2nc3c(s2)CN([C@@H](C)c2ccc(C#N)c(OC)n2)[C@H]3C(C)C)cc1. The number of aromatic nitrogens is 2. The summed E-state index contributed by atoms with van der Waals surface area (Å²) in [5.74, 6) is 0.413. The van der Waals surface area contributed by atoms with Crippen molar-refractivity contribution in [3.63, 3.8) is 0 Å². The first-order chi connectivity index (χ1) is 18.1. The highest BCUT2D eigenvalue weighted by molar-refractivity contribution is 7.91. The molecule has 0 fully saturated rings. The van der Waals surface area contributed by atoms with Gasteiger partial charge in [0.2, 0.25) is 11.8 Å². The molecule has 0 unspecified atom stereocenters. The minimum atomic E-state index is -3.27. The van der Waals surface area contributed by atoms with E-state index in [1.54, 1.807) is 37.3 Å². The maximum atomic E-state index is 12.7. The number of carbonyl (C=O) groups excluding carboxylic acids is 1. The number of anilines is 1. The summed E-state index contributed by atoms with van der Waals surface area (Å²) in [6.07, 6.45) is 0.125. The Balaban J connectivity index is 1.47. The minimum Gasteiger partial charge on any atom is -0.480 e. The molecule has 3 heterocycles. The summed E-state index contributed by atoms with van der Waals surface area (Å²) in [6.45, 7) is 8.65. The first-order valence-corrected chi connectivity index (χ1v) is 14.9. The minimum absolute atomic E-state index is 0.0350. The maximum Gasteiger partial charge on any atom is 0.231 e. The lowest BCUT2D eigenvalue weighted by atomic mass is 10.00. The topological polar surface area (TPSA) is 125 Å². The van der Waals surface area contributed by atoms with Gasteiger partial charge in [-0.3, -0.25) is 9.69 Å². The number of thiazole rings is 1. The molecule has 200 valence electrons. The van der Waals surface area contributed by atoms with Crippen molar-refractivity contribution >= 4 is 32.2 Å². The van der Waals surface area contributed by atoms with Crippen LogP contribution in [0, 0.1) is 17.2 Å². The molecule has 3 aromatic rings. The van der Waals surface area contributed by atoms with E-state index in [2.05, 4.69) is 42.0 Å². The van der Waals surface area contributed by atoms with Crippen LogP contribution in [0.1, 0.15) is 67.2 Å². The maximum absolute atomic E-state index is 12.7. The largest absolute Gasteiger partial charge is 0.480 e. The summed E-state index contributed by atoms with van der Waals surface area (Å²) in [7, 11) is -1.77. The first-order valence-electron chi connectivity index (χ1n) is 12.4. The summed E-state index contributed by atoms with van der Waals surface area (Å²) in [4.78, 5) is 25.8. The Kier molecular flexibility index (Phi) is 8.16. The van der Waals surface area contributed by atoms with Crippen LogP contribution in [0.3, 0.4) is 0 Å². The van der Waals surface area contributed by atoms with Crippen LogP contribution in [-0.4, -0.2) is 42.1 Å². The molecule has 38 heavy (non-hydrogen) atoms. The van der Waals surface area contributed by atoms with E-state index >= 15 is 0 Å². The van der Waals surface area contributed by atoms with E-state index in [0.29, 0.717) is 23.1 Å². The number of ether oxygens (including phenoxy) is 1. The summed E-state index contributed by atoms with van der Waals surface area (Å²) < 4.78 is 29.3. The van der Waals surface area contributed by atoms with Crippen molar-refractivity contribution in [1.29, 1.82) is 5.26 Å². The van der Waals surface area contributed by atoms with E-state index < -0.39 is 9.84 Å². The van der Waals surface area contributed by atoms with Gasteiger partial charge in [0.05, 0.1) is 47.7 Å². The van der Waals surface area contributed by atoms with Crippen molar-refractivity contribution in [1.82, 2.24) is 14.9 Å². The molecule has 0 saturated heterocycles. The Morgan fingerprint density at radius 1 is 1.21 bits per heavy atom. The number of pyridine rings is 1. The fraction of sp³-hybridized carbons (Fsp3) is 0.407. The predicted molar refractivity (Wildman–Crippen MR) is 146 cm³/mol. The van der Waals surface area contributed by atoms with Crippen molar-refractivity contribution in [2.45, 2.75) is 57.6 Å². The summed E-state index contributed by atoms with van der Waals surface area (Å²) in [6, 6.07) is 12.1. The van der Waals surface area contributed by atoms with Gasteiger partial charge >= 0.3 is 0 Å². The fourth-order valence-electron chi connectivity index (χ4n) is 4.69. The van der Waals surface area contributed by atoms with Crippen LogP contribution in [0.5, 0.6) is 5.88 Å². The molecule has 1 aromatic carbocycles. The molecular weight excluding hydrogens is 522 g/mol. The normalized spacial score (nSPS) is 16.2. The van der Waals surface area contributed by atoms with Gasteiger partial charge in [0.15, 0.2) is 15.0 Å². The highest BCUT2D eigenvalue weighted by atomic mass is 32.2. The average molecular weight is 554 g/mol. The van der Waals surface area contributed by atoms with Gasteiger partial charge in [-0.25, -0.2) is 18.4 Å². The molecule has 0 radical (unpaired) electrons. The first kappa shape index (κ1) is 27.7. The van der Waals surface area contributed by atoms with Crippen LogP contribution in [0.2, 0.25) is 0 Å². The number of fused-ring (bicyclic) bond motifs is 1. The number of rotatable bonds is 9. The molecule has 0 spiro atoms. The number of benzene rings is 1. The number of nitriles is 1. The van der Waals surface area contributed by atoms with Crippen molar-refractivity contribution in [3.8, 4) is 11.9 Å². The lowest BCUT2D eigenvalue weighted by Gasteiger charge is -2.32. The quantitative estimate of drug-likeness (QED) is 0.405. The highest BCUT2D eigenvalue weighted by Crippen LogP contribution is 2.46. The lowest BCUT2D eigenvalue weighted by molar-refractivity contribution is -0.115. The van der Waals surface area contributed by atoms with Crippen molar-refractivity contribution in [2.75, 3.05) is 18.2 Å². The number of methoxy groups -OCH3 is 1. The zero-order valence-electron chi connectivity index (χ0n) is 22.1. The molecule has 2 atom stereocenters. The number of hydrogen-bond acceptors (Lipinski definition) is 9. The smallest absolute Gasteiger partial charge is 0.231 e. The van der Waals surface area contributed by atoms with Gasteiger partial charge < -0.3 is 10.1 Å². The Bertz CT molecular complexity index is 1480. The Labute approximate surface area is 227 Å². The second-order valence-corrected chi connectivity index (χ2v) is 12.9. The van der Waals surface area contributed by atoms with Crippen LogP contribution in [0.15, 0.2) is 41.3 Å². The van der Waals surface area contributed by atoms with Crippen LogP contribution >= 0.6 is 11.3 Å². The summed E-state index contributed by atoms with van der Waals surface area (Å²) in [5.41, 5.74) is 2.90. The summed E-state index contributed by atoms with van der Waals surface area (Å²) >= 11 is 1.47. The molecule has 1 aliphatic rings. The molecule has 0 aliphatic carbocycles. The van der Waals surface area contributed by atoms with Gasteiger partial charge in [-0.1, -0.05) is 32.9 Å². The number of amides is 1. The third-order valence-corrected chi connectivity index (χ3v) is 9.44. The third-order valence-electron chi connectivity index (χ3n) is 6.72. The Morgan fingerprint density at radius 2 is 1.92 bits per heavy atom. The number of hydrogen-bond donors (Lipinski definition) is 1. The van der Waals surface area contributed by atoms with Crippen molar-refractivity contribution < 1.29 is 17.9 Å². The number of nitrogens with zero attached hydrogens (tertiary/aromatic N) is 4. The monoisotopic (exact) mass is 553 g/mol. The van der Waals surface area contributed by atoms with E-state index in [1.807, 2.05) is 6.07 Å². The van der Waals surface area contributed by atoms with Crippen molar-refractivity contribution in [2.24, 2.45) is 5.92 Å². The zero-order chi connectivity index (χ0) is 27.6. The fourth-order valence-corrected chi connectivity index (χ4v) is 6.60. The Hall–Kier alpha value is -3.33. The average Bonchev–Trinajstić information content (AvgIpc) is 3.45. The van der Waals surface area contributed by atoms with Crippen LogP contribution in [-0.2, 0) is 27.6 Å². The van der Waals surface area contributed by atoms with Crippen LogP contribution in [0.25, 0.3) is 0 Å². The second kappa shape index (κ2) is 11.2. The van der Waals surface area contributed by atoms with Gasteiger partial charge in [-0.15, -0.1) is 11.3 Å². The standard InChI is InChI=1S/C27H31N5O4S2/c1-6-38(34,35)20-10-7-18(8-11-20)13-23(33)30-27-31-24-22(37-27)15-32(25(24)16(2)3)17(4)21-12-9-19(14-28)26(29-21)36-5/h7-12,16-17,25H,6,13,15H2,1-5H3,(H,30,31,33)/t17-,25-/m0/s1. The molecule has 0 bridgehead atoms. The van der Waals surface area contributed by atoms with Gasteiger partial charge in [-0.2, -0.15) is 5.26 Å². The van der Waals surface area contributed by atoms with E-state index in [4.69, 9.17) is 9.72 Å². The molecule has 4 rings (SSSR count). The van der Waals surface area contributed by atoms with Gasteiger partial charge in [0.25, 0.3) is 0 Å². The molecule has 2 aromatic heterocycles. The third kappa shape index (κ3) is 5.57. The lowest BCUT2D eigenvalue weighted by Crippen LogP contribution is -2.30. The predicted octanol–water partition coefficient (Wildman–Crippen LogP) is 4.67. The second-order valence-electron chi connectivity index (χ2n) is 9.54. The van der Waals surface area contributed by atoms with E-state index in [1.165, 1.54) is 18.4 Å². The van der Waals surface area contributed by atoms with E-state index in [9.17, 15) is 18.5 Å². The molecule has 1 aliphatic heterocycles. The Morgan fingerprint density at radius 3 is 2.53 bits per heavy atom. The molecular formula is C27H31N5O4S2. The molecule has 9 nitrogen and oxygen atoms in total. The number of nitrogens with one attached hydrogen (secondary N) is 1. The molecule has 1 amide bonds.